The van der Waals surface area contributed by atoms with Gasteiger partial charge in [-0.1, -0.05) is 27.2 Å². The SMILES string of the molecule is CCCc1sc(C(=O)N(CC)CC(C)C(=O)OC)cc1CC. The number of carbonyl (C=O) groups excluding carboxylic acids is 2. The predicted molar refractivity (Wildman–Crippen MR) is 90.4 cm³/mol. The Hall–Kier alpha value is -1.36. The van der Waals surface area contributed by atoms with Crippen LogP contribution in [-0.2, 0) is 22.4 Å². The largest absolute Gasteiger partial charge is 0.469 e. The Balaban J connectivity index is 2.89. The lowest BCUT2D eigenvalue weighted by molar-refractivity contribution is -0.145. The summed E-state index contributed by atoms with van der Waals surface area (Å²) in [5.74, 6) is -0.576. The zero-order chi connectivity index (χ0) is 16.7. The molecule has 0 aromatic carbocycles. The Kier molecular flexibility index (Phi) is 7.59. The molecule has 0 radical (unpaired) electrons. The summed E-state index contributed by atoms with van der Waals surface area (Å²) in [6, 6.07) is 2.02. The van der Waals surface area contributed by atoms with Crippen LogP contribution in [0.25, 0.3) is 0 Å². The first-order valence-electron chi connectivity index (χ1n) is 7.96. The number of hydrogen-bond acceptors (Lipinski definition) is 4. The molecule has 1 unspecified atom stereocenters. The van der Waals surface area contributed by atoms with E-state index in [4.69, 9.17) is 4.74 Å². The summed E-state index contributed by atoms with van der Waals surface area (Å²) in [6.45, 7) is 8.97. The molecule has 0 fully saturated rings. The number of thiophene rings is 1. The van der Waals surface area contributed by atoms with Crippen LogP contribution in [0.15, 0.2) is 6.07 Å². The Labute approximate surface area is 137 Å². The van der Waals surface area contributed by atoms with Crippen molar-refractivity contribution in [3.05, 3.63) is 21.4 Å². The molecule has 0 spiro atoms. The van der Waals surface area contributed by atoms with Gasteiger partial charge in [-0.15, -0.1) is 11.3 Å². The van der Waals surface area contributed by atoms with Crippen LogP contribution >= 0.6 is 11.3 Å². The van der Waals surface area contributed by atoms with Gasteiger partial charge in [0.15, 0.2) is 0 Å². The van der Waals surface area contributed by atoms with E-state index in [1.807, 2.05) is 13.0 Å². The quantitative estimate of drug-likeness (QED) is 0.687. The number of aryl methyl sites for hydroxylation is 2. The molecule has 4 nitrogen and oxygen atoms in total. The summed E-state index contributed by atoms with van der Waals surface area (Å²) in [4.78, 5) is 28.1. The standard InChI is InChI=1S/C17H27NO3S/c1-6-9-14-13(7-2)10-15(22-14)16(19)18(8-3)11-12(4)17(20)21-5/h10,12H,6-9,11H2,1-5H3. The van der Waals surface area contributed by atoms with Crippen molar-refractivity contribution < 1.29 is 14.3 Å². The van der Waals surface area contributed by atoms with Crippen LogP contribution in [0, 0.1) is 5.92 Å². The highest BCUT2D eigenvalue weighted by atomic mass is 32.1. The number of amides is 1. The number of rotatable bonds is 8. The van der Waals surface area contributed by atoms with Gasteiger partial charge in [0.05, 0.1) is 17.9 Å². The van der Waals surface area contributed by atoms with Gasteiger partial charge in [-0.2, -0.15) is 0 Å². The minimum atomic E-state index is -0.311. The first-order valence-corrected chi connectivity index (χ1v) is 8.78. The zero-order valence-corrected chi connectivity index (χ0v) is 15.1. The fourth-order valence-corrected chi connectivity index (χ4v) is 3.75. The van der Waals surface area contributed by atoms with Crippen LogP contribution in [0.5, 0.6) is 0 Å². The molecule has 0 saturated carbocycles. The molecule has 0 aliphatic rings. The van der Waals surface area contributed by atoms with Gasteiger partial charge in [0.2, 0.25) is 0 Å². The van der Waals surface area contributed by atoms with E-state index in [-0.39, 0.29) is 17.8 Å². The van der Waals surface area contributed by atoms with Gasteiger partial charge in [0, 0.05) is 18.0 Å². The van der Waals surface area contributed by atoms with Gasteiger partial charge in [0.25, 0.3) is 5.91 Å². The average molecular weight is 325 g/mol. The number of ether oxygens (including phenoxy) is 1. The monoisotopic (exact) mass is 325 g/mol. The molecular formula is C17H27NO3S. The van der Waals surface area contributed by atoms with Crippen LogP contribution in [0.4, 0.5) is 0 Å². The summed E-state index contributed by atoms with van der Waals surface area (Å²) in [5, 5.41) is 0. The fraction of sp³-hybridized carbons (Fsp3) is 0.647. The number of esters is 1. The van der Waals surface area contributed by atoms with E-state index >= 15 is 0 Å². The molecular weight excluding hydrogens is 298 g/mol. The van der Waals surface area contributed by atoms with Crippen LogP contribution < -0.4 is 0 Å². The minimum Gasteiger partial charge on any atom is -0.469 e. The molecule has 22 heavy (non-hydrogen) atoms. The van der Waals surface area contributed by atoms with Gasteiger partial charge in [0.1, 0.15) is 0 Å². The smallest absolute Gasteiger partial charge is 0.310 e. The highest BCUT2D eigenvalue weighted by Crippen LogP contribution is 2.26. The topological polar surface area (TPSA) is 46.6 Å². The van der Waals surface area contributed by atoms with Crippen molar-refractivity contribution in [2.24, 2.45) is 5.92 Å². The highest BCUT2D eigenvalue weighted by molar-refractivity contribution is 7.14. The van der Waals surface area contributed by atoms with E-state index in [9.17, 15) is 9.59 Å². The summed E-state index contributed by atoms with van der Waals surface area (Å²) in [7, 11) is 1.38. The highest BCUT2D eigenvalue weighted by Gasteiger charge is 2.23. The zero-order valence-electron chi connectivity index (χ0n) is 14.3. The van der Waals surface area contributed by atoms with E-state index in [2.05, 4.69) is 13.8 Å². The first-order chi connectivity index (χ1) is 10.5. The lowest BCUT2D eigenvalue weighted by atomic mass is 10.1. The maximum absolute atomic E-state index is 12.7. The second-order valence-electron chi connectivity index (χ2n) is 5.43. The molecule has 124 valence electrons. The van der Waals surface area contributed by atoms with E-state index in [1.165, 1.54) is 17.6 Å². The number of nitrogens with zero attached hydrogens (tertiary/aromatic N) is 1. The summed E-state index contributed by atoms with van der Waals surface area (Å²) < 4.78 is 4.74. The average Bonchev–Trinajstić information content (AvgIpc) is 2.94. The molecule has 1 rings (SSSR count). The molecule has 0 aliphatic carbocycles. The second kappa shape index (κ2) is 8.93. The summed E-state index contributed by atoms with van der Waals surface area (Å²) >= 11 is 1.59. The normalized spacial score (nSPS) is 12.0. The molecule has 1 atom stereocenters. The van der Waals surface area contributed by atoms with Crippen LogP contribution in [0.3, 0.4) is 0 Å². The van der Waals surface area contributed by atoms with E-state index in [0.717, 1.165) is 24.1 Å². The first kappa shape index (κ1) is 18.7. The Morgan fingerprint density at radius 1 is 1.32 bits per heavy atom. The Morgan fingerprint density at radius 3 is 2.50 bits per heavy atom. The van der Waals surface area contributed by atoms with Gasteiger partial charge < -0.3 is 9.64 Å². The van der Waals surface area contributed by atoms with Crippen molar-refractivity contribution in [1.82, 2.24) is 4.90 Å². The molecule has 1 heterocycles. The van der Waals surface area contributed by atoms with E-state index < -0.39 is 0 Å². The van der Waals surface area contributed by atoms with E-state index in [1.54, 1.807) is 23.2 Å². The van der Waals surface area contributed by atoms with Gasteiger partial charge in [-0.25, -0.2) is 0 Å². The molecule has 1 aromatic heterocycles. The van der Waals surface area contributed by atoms with Crippen molar-refractivity contribution in [2.75, 3.05) is 20.2 Å². The van der Waals surface area contributed by atoms with Crippen LogP contribution in [0.2, 0.25) is 0 Å². The second-order valence-corrected chi connectivity index (χ2v) is 6.57. The molecule has 0 N–H and O–H groups in total. The van der Waals surface area contributed by atoms with E-state index in [0.29, 0.717) is 13.1 Å². The number of carbonyl (C=O) groups is 2. The van der Waals surface area contributed by atoms with Gasteiger partial charge in [-0.3, -0.25) is 9.59 Å². The molecule has 1 amide bonds. The summed E-state index contributed by atoms with van der Waals surface area (Å²) in [5.41, 5.74) is 1.27. The van der Waals surface area contributed by atoms with Crippen LogP contribution in [0.1, 0.15) is 54.2 Å². The molecule has 5 heteroatoms. The van der Waals surface area contributed by atoms with Crippen LogP contribution in [-0.4, -0.2) is 37.0 Å². The van der Waals surface area contributed by atoms with Crippen molar-refractivity contribution in [3.8, 4) is 0 Å². The third-order valence-electron chi connectivity index (χ3n) is 3.73. The number of methoxy groups -OCH3 is 1. The van der Waals surface area contributed by atoms with Gasteiger partial charge >= 0.3 is 5.97 Å². The maximum Gasteiger partial charge on any atom is 0.310 e. The molecule has 1 aromatic rings. The minimum absolute atomic E-state index is 0.0142. The lowest BCUT2D eigenvalue weighted by Crippen LogP contribution is -2.36. The molecule has 0 bridgehead atoms. The fourth-order valence-electron chi connectivity index (χ4n) is 2.43. The number of hydrogen-bond donors (Lipinski definition) is 0. The summed E-state index contributed by atoms with van der Waals surface area (Å²) in [6.07, 6.45) is 3.05. The predicted octanol–water partition coefficient (Wildman–Crippen LogP) is 3.53. The molecule has 0 aliphatic heterocycles. The van der Waals surface area contributed by atoms with Gasteiger partial charge in [-0.05, 0) is 31.4 Å². The third-order valence-corrected chi connectivity index (χ3v) is 4.96. The maximum atomic E-state index is 12.7. The molecule has 0 saturated heterocycles. The van der Waals surface area contributed by atoms with Crippen molar-refractivity contribution >= 4 is 23.2 Å². The van der Waals surface area contributed by atoms with Crippen molar-refractivity contribution in [3.63, 3.8) is 0 Å². The Bertz CT molecular complexity index is 510. The lowest BCUT2D eigenvalue weighted by Gasteiger charge is -2.22. The van der Waals surface area contributed by atoms with Crippen molar-refractivity contribution in [2.45, 2.75) is 47.0 Å². The Morgan fingerprint density at radius 2 is 2.00 bits per heavy atom. The van der Waals surface area contributed by atoms with Crippen molar-refractivity contribution in [1.29, 1.82) is 0 Å². The third kappa shape index (κ3) is 4.57.